The summed E-state index contributed by atoms with van der Waals surface area (Å²) in [7, 11) is 1.57. The van der Waals surface area contributed by atoms with E-state index in [4.69, 9.17) is 15.9 Å². The van der Waals surface area contributed by atoms with E-state index in [1.807, 2.05) is 18.4 Å². The summed E-state index contributed by atoms with van der Waals surface area (Å²) in [4.78, 5) is 21.6. The minimum absolute atomic E-state index is 0.177. The van der Waals surface area contributed by atoms with Gasteiger partial charge in [0.15, 0.2) is 0 Å². The maximum Gasteiger partial charge on any atom is 0.416 e. The fourth-order valence-electron chi connectivity index (χ4n) is 6.42. The average Bonchev–Trinajstić information content (AvgIpc) is 3.46. The van der Waals surface area contributed by atoms with Gasteiger partial charge in [0.1, 0.15) is 5.65 Å². The summed E-state index contributed by atoms with van der Waals surface area (Å²) in [6.07, 6.45) is 5.01. The van der Waals surface area contributed by atoms with Crippen LogP contribution in [0.15, 0.2) is 58.4 Å². The molecule has 0 bridgehead atoms. The molecule has 9 nitrogen and oxygen atoms in total. The molecular formula is C35H44F3N7O2S. The molecule has 0 radical (unpaired) electrons. The SMILES string of the molecule is COC[C@H](N)CCCc1cc(-c2cc3cn(-c4ccc([C@@H]5CCC[C@@H](CCNC(C)=N)N5)c(SC)c4)c(=O)nc3[nH]2)cc(C(F)(F)F)c1. The van der Waals surface area contributed by atoms with Crippen LogP contribution in [0.2, 0.25) is 0 Å². The summed E-state index contributed by atoms with van der Waals surface area (Å²) in [5.41, 5.74) is 8.31. The molecule has 2 aromatic carbocycles. The number of ether oxygens (including phenoxy) is 1. The predicted octanol–water partition coefficient (Wildman–Crippen LogP) is 6.58. The van der Waals surface area contributed by atoms with Gasteiger partial charge in [-0.2, -0.15) is 18.2 Å². The maximum absolute atomic E-state index is 13.9. The first kappa shape index (κ1) is 35.7. The van der Waals surface area contributed by atoms with E-state index in [1.54, 1.807) is 44.1 Å². The fraction of sp³-hybridized carbons (Fsp3) is 0.457. The van der Waals surface area contributed by atoms with Gasteiger partial charge >= 0.3 is 11.9 Å². The Bertz CT molecular complexity index is 1790. The van der Waals surface area contributed by atoms with Gasteiger partial charge in [-0.05, 0) is 105 Å². The van der Waals surface area contributed by atoms with Gasteiger partial charge in [-0.1, -0.05) is 12.5 Å². The number of benzene rings is 2. The summed E-state index contributed by atoms with van der Waals surface area (Å²) in [5.74, 6) is 0.470. The molecule has 4 aromatic rings. The smallest absolute Gasteiger partial charge is 0.383 e. The first-order chi connectivity index (χ1) is 22.9. The Morgan fingerprint density at radius 1 is 1.23 bits per heavy atom. The van der Waals surface area contributed by atoms with Crippen LogP contribution in [0.1, 0.15) is 68.2 Å². The number of fused-ring (bicyclic) bond motifs is 1. The monoisotopic (exact) mass is 683 g/mol. The quantitative estimate of drug-likeness (QED) is 0.0611. The van der Waals surface area contributed by atoms with Gasteiger partial charge < -0.3 is 26.1 Å². The van der Waals surface area contributed by atoms with E-state index in [0.29, 0.717) is 71.3 Å². The number of aryl methyl sites for hydroxylation is 1. The second-order valence-electron chi connectivity index (χ2n) is 12.5. The second kappa shape index (κ2) is 15.7. The molecule has 1 saturated heterocycles. The normalized spacial score (nSPS) is 17.5. The molecule has 13 heteroatoms. The molecule has 0 amide bonds. The van der Waals surface area contributed by atoms with Crippen molar-refractivity contribution in [2.45, 2.75) is 81.1 Å². The number of methoxy groups -OCH3 is 1. The second-order valence-corrected chi connectivity index (χ2v) is 13.4. The van der Waals surface area contributed by atoms with Crippen molar-refractivity contribution in [2.24, 2.45) is 5.73 Å². The number of H-pyrrole nitrogens is 1. The number of aromatic nitrogens is 3. The molecule has 0 spiro atoms. The molecule has 1 fully saturated rings. The number of alkyl halides is 3. The number of hydrogen-bond donors (Lipinski definition) is 5. The fourth-order valence-corrected chi connectivity index (χ4v) is 7.10. The van der Waals surface area contributed by atoms with Crippen molar-refractivity contribution in [1.82, 2.24) is 25.2 Å². The number of halogens is 3. The topological polar surface area (TPSA) is 134 Å². The minimum atomic E-state index is -4.51. The third kappa shape index (κ3) is 8.87. The standard InChI is InChI=1S/C35H44F3N7O2S/c1-21(39)41-13-12-27-8-5-9-30(42-27)29-11-10-28(18-32(29)48-3)45-19-24-17-31(43-33(24)44-34(45)46)23-14-22(6-4-7-26(40)20-47-2)15-25(16-23)35(36,37)38/h10-11,14-19,26-27,30,42H,4-9,12-13,20,40H2,1-3H3,(H2,39,41)(H,43,44,46)/t26-,27+,30+/m1/s1. The Kier molecular flexibility index (Phi) is 11.7. The Hall–Kier alpha value is -3.65. The van der Waals surface area contributed by atoms with Crippen LogP contribution in [0.25, 0.3) is 28.0 Å². The van der Waals surface area contributed by atoms with Gasteiger partial charge in [0, 0.05) is 54.0 Å². The summed E-state index contributed by atoms with van der Waals surface area (Å²) in [6.45, 7) is 2.89. The Balaban J connectivity index is 1.40. The Morgan fingerprint density at radius 2 is 2.04 bits per heavy atom. The van der Waals surface area contributed by atoms with Gasteiger partial charge in [-0.25, -0.2) is 4.79 Å². The van der Waals surface area contributed by atoms with Crippen LogP contribution in [-0.2, 0) is 17.3 Å². The molecule has 0 saturated carbocycles. The van der Waals surface area contributed by atoms with Crippen LogP contribution < -0.4 is 22.1 Å². The third-order valence-corrected chi connectivity index (χ3v) is 9.59. The molecular weight excluding hydrogens is 639 g/mol. The summed E-state index contributed by atoms with van der Waals surface area (Å²) in [6, 6.07) is 12.1. The number of hydrogen-bond acceptors (Lipinski definition) is 7. The maximum atomic E-state index is 13.9. The van der Waals surface area contributed by atoms with Gasteiger partial charge in [-0.15, -0.1) is 11.8 Å². The highest BCUT2D eigenvalue weighted by molar-refractivity contribution is 7.98. The lowest BCUT2D eigenvalue weighted by Gasteiger charge is -2.32. The van der Waals surface area contributed by atoms with Gasteiger partial charge in [0.25, 0.3) is 0 Å². The Morgan fingerprint density at radius 3 is 2.77 bits per heavy atom. The molecule has 1 aliphatic heterocycles. The van der Waals surface area contributed by atoms with E-state index < -0.39 is 17.4 Å². The summed E-state index contributed by atoms with van der Waals surface area (Å²) >= 11 is 1.62. The van der Waals surface area contributed by atoms with Gasteiger partial charge in [0.2, 0.25) is 0 Å². The van der Waals surface area contributed by atoms with E-state index in [-0.39, 0.29) is 12.1 Å². The number of aromatic amines is 1. The van der Waals surface area contributed by atoms with Crippen molar-refractivity contribution in [2.75, 3.05) is 26.5 Å². The highest BCUT2D eigenvalue weighted by atomic mass is 32.2. The third-order valence-electron chi connectivity index (χ3n) is 8.80. The lowest BCUT2D eigenvalue weighted by molar-refractivity contribution is -0.137. The molecule has 3 atom stereocenters. The predicted molar refractivity (Wildman–Crippen MR) is 186 cm³/mol. The van der Waals surface area contributed by atoms with Crippen molar-refractivity contribution in [3.05, 3.63) is 75.8 Å². The Labute approximate surface area is 282 Å². The lowest BCUT2D eigenvalue weighted by Crippen LogP contribution is -2.39. The van der Waals surface area contributed by atoms with Crippen molar-refractivity contribution >= 4 is 28.6 Å². The molecule has 48 heavy (non-hydrogen) atoms. The van der Waals surface area contributed by atoms with Crippen LogP contribution in [0, 0.1) is 5.41 Å². The van der Waals surface area contributed by atoms with Crippen LogP contribution >= 0.6 is 11.8 Å². The number of rotatable bonds is 13. The van der Waals surface area contributed by atoms with Crippen LogP contribution in [0.4, 0.5) is 13.2 Å². The molecule has 1 aliphatic rings. The first-order valence-electron chi connectivity index (χ1n) is 16.3. The number of nitrogens with two attached hydrogens (primary N) is 1. The van der Waals surface area contributed by atoms with Gasteiger partial charge in [0.05, 0.1) is 23.7 Å². The molecule has 2 aromatic heterocycles. The van der Waals surface area contributed by atoms with Crippen LogP contribution in [0.5, 0.6) is 0 Å². The van der Waals surface area contributed by atoms with E-state index in [0.717, 1.165) is 43.2 Å². The van der Waals surface area contributed by atoms with Crippen LogP contribution in [0.3, 0.4) is 0 Å². The molecule has 5 rings (SSSR count). The van der Waals surface area contributed by atoms with Crippen molar-refractivity contribution < 1.29 is 17.9 Å². The summed E-state index contributed by atoms with van der Waals surface area (Å²) in [5, 5.41) is 15.1. The van der Waals surface area contributed by atoms with Gasteiger partial charge in [-0.3, -0.25) is 9.98 Å². The molecule has 3 heterocycles. The van der Waals surface area contributed by atoms with E-state index in [2.05, 4.69) is 26.7 Å². The largest absolute Gasteiger partial charge is 0.416 e. The molecule has 0 aliphatic carbocycles. The number of nitrogens with one attached hydrogen (secondary N) is 4. The number of nitrogens with zero attached hydrogens (tertiary/aromatic N) is 2. The zero-order valence-corrected chi connectivity index (χ0v) is 28.4. The van der Waals surface area contributed by atoms with E-state index in [1.165, 1.54) is 16.2 Å². The number of thioether (sulfide) groups is 1. The highest BCUT2D eigenvalue weighted by Crippen LogP contribution is 2.36. The molecule has 0 unspecified atom stereocenters. The van der Waals surface area contributed by atoms with Crippen LogP contribution in [-0.4, -0.2) is 59.0 Å². The van der Waals surface area contributed by atoms with Crippen molar-refractivity contribution in [3.63, 3.8) is 0 Å². The average molecular weight is 684 g/mol. The zero-order chi connectivity index (χ0) is 34.4. The number of amidine groups is 1. The molecule has 258 valence electrons. The van der Waals surface area contributed by atoms with E-state index in [9.17, 15) is 18.0 Å². The first-order valence-corrected chi connectivity index (χ1v) is 17.5. The van der Waals surface area contributed by atoms with Crippen molar-refractivity contribution in [3.8, 4) is 16.9 Å². The minimum Gasteiger partial charge on any atom is -0.383 e. The number of piperidine rings is 1. The van der Waals surface area contributed by atoms with Crippen molar-refractivity contribution in [1.29, 1.82) is 5.41 Å². The van der Waals surface area contributed by atoms with E-state index >= 15 is 0 Å². The highest BCUT2D eigenvalue weighted by Gasteiger charge is 2.31. The summed E-state index contributed by atoms with van der Waals surface area (Å²) < 4.78 is 48.2. The molecule has 6 N–H and O–H groups in total. The zero-order valence-electron chi connectivity index (χ0n) is 27.5. The lowest BCUT2D eigenvalue weighted by atomic mass is 9.92.